The van der Waals surface area contributed by atoms with E-state index in [0.717, 1.165) is 11.3 Å². The number of hydrogen-bond acceptors (Lipinski definition) is 3. The topological polar surface area (TPSA) is 67.4 Å². The van der Waals surface area contributed by atoms with Crippen LogP contribution in [-0.2, 0) is 0 Å². The molecule has 0 unspecified atom stereocenters. The van der Waals surface area contributed by atoms with Gasteiger partial charge in [-0.3, -0.25) is 20.4 Å². The minimum absolute atomic E-state index is 0.361. The first-order chi connectivity index (χ1) is 12.6. The molecule has 5 heteroatoms. The Kier molecular flexibility index (Phi) is 5.29. The minimum atomic E-state index is -0.404. The summed E-state index contributed by atoms with van der Waals surface area (Å²) in [6.45, 7) is 1.84. The van der Waals surface area contributed by atoms with Gasteiger partial charge in [-0.1, -0.05) is 36.4 Å². The van der Waals surface area contributed by atoms with Gasteiger partial charge in [0.15, 0.2) is 0 Å². The average molecular weight is 346 g/mol. The molecular formula is C21H18N2O3. The van der Waals surface area contributed by atoms with Gasteiger partial charge >= 0.3 is 0 Å². The fourth-order valence-electron chi connectivity index (χ4n) is 2.38. The van der Waals surface area contributed by atoms with Crippen molar-refractivity contribution in [3.8, 4) is 11.5 Å². The van der Waals surface area contributed by atoms with Gasteiger partial charge in [0.1, 0.15) is 11.5 Å². The van der Waals surface area contributed by atoms with Gasteiger partial charge in [-0.2, -0.15) is 0 Å². The zero-order valence-corrected chi connectivity index (χ0v) is 14.2. The maximum absolute atomic E-state index is 12.2. The number of para-hydroxylation sites is 1. The van der Waals surface area contributed by atoms with E-state index in [1.807, 2.05) is 49.4 Å². The molecule has 0 aliphatic carbocycles. The molecule has 0 saturated heterocycles. The molecular weight excluding hydrogens is 328 g/mol. The molecule has 0 heterocycles. The standard InChI is InChI=1S/C21H18N2O3/c1-15-7-5-6-10-19(15)21(25)23-22-20(24)16-11-13-18(14-12-16)26-17-8-3-2-4-9-17/h2-14H,1H3,(H,22,24)(H,23,25). The molecule has 0 atom stereocenters. The molecule has 0 bridgehead atoms. The average Bonchev–Trinajstić information content (AvgIpc) is 2.67. The lowest BCUT2D eigenvalue weighted by Crippen LogP contribution is -2.41. The first-order valence-electron chi connectivity index (χ1n) is 8.13. The smallest absolute Gasteiger partial charge is 0.269 e. The summed E-state index contributed by atoms with van der Waals surface area (Å²) in [5.74, 6) is 0.575. The monoisotopic (exact) mass is 346 g/mol. The van der Waals surface area contributed by atoms with Crippen LogP contribution in [0.15, 0.2) is 78.9 Å². The Hall–Kier alpha value is -3.60. The van der Waals surface area contributed by atoms with Gasteiger partial charge in [0.2, 0.25) is 0 Å². The van der Waals surface area contributed by atoms with Crippen molar-refractivity contribution in [2.45, 2.75) is 6.92 Å². The van der Waals surface area contributed by atoms with Gasteiger partial charge in [0, 0.05) is 11.1 Å². The van der Waals surface area contributed by atoms with Gasteiger partial charge in [0.25, 0.3) is 11.8 Å². The van der Waals surface area contributed by atoms with E-state index in [-0.39, 0.29) is 5.91 Å². The van der Waals surface area contributed by atoms with E-state index in [1.54, 1.807) is 36.4 Å². The third kappa shape index (κ3) is 4.27. The summed E-state index contributed by atoms with van der Waals surface area (Å²) in [5.41, 5.74) is 6.60. The highest BCUT2D eigenvalue weighted by atomic mass is 16.5. The summed E-state index contributed by atoms with van der Waals surface area (Å²) in [7, 11) is 0. The van der Waals surface area contributed by atoms with Crippen LogP contribution in [0.2, 0.25) is 0 Å². The third-order valence-corrected chi connectivity index (χ3v) is 3.77. The van der Waals surface area contributed by atoms with E-state index in [0.29, 0.717) is 16.9 Å². The quantitative estimate of drug-likeness (QED) is 0.705. The number of hydrazine groups is 1. The molecule has 0 fully saturated rings. The van der Waals surface area contributed by atoms with Crippen LogP contribution >= 0.6 is 0 Å². The van der Waals surface area contributed by atoms with E-state index in [2.05, 4.69) is 10.9 Å². The maximum Gasteiger partial charge on any atom is 0.269 e. The van der Waals surface area contributed by atoms with E-state index >= 15 is 0 Å². The number of hydrogen-bond donors (Lipinski definition) is 2. The summed E-state index contributed by atoms with van der Waals surface area (Å²) in [5, 5.41) is 0. The van der Waals surface area contributed by atoms with Crippen molar-refractivity contribution in [2.24, 2.45) is 0 Å². The van der Waals surface area contributed by atoms with E-state index < -0.39 is 5.91 Å². The van der Waals surface area contributed by atoms with Gasteiger partial charge < -0.3 is 4.74 Å². The van der Waals surface area contributed by atoms with Gasteiger partial charge in [-0.05, 0) is 55.0 Å². The number of nitrogens with one attached hydrogen (secondary N) is 2. The Bertz CT molecular complexity index is 906. The van der Waals surface area contributed by atoms with Crippen molar-refractivity contribution in [1.82, 2.24) is 10.9 Å². The molecule has 0 radical (unpaired) electrons. The molecule has 0 aromatic heterocycles. The van der Waals surface area contributed by atoms with Crippen molar-refractivity contribution in [3.05, 3.63) is 95.6 Å². The van der Waals surface area contributed by atoms with Crippen molar-refractivity contribution >= 4 is 11.8 Å². The van der Waals surface area contributed by atoms with Crippen LogP contribution in [-0.4, -0.2) is 11.8 Å². The Labute approximate surface area is 151 Å². The fourth-order valence-corrected chi connectivity index (χ4v) is 2.38. The molecule has 0 saturated carbocycles. The molecule has 2 N–H and O–H groups in total. The highest BCUT2D eigenvalue weighted by Crippen LogP contribution is 2.21. The number of rotatable bonds is 4. The molecule has 130 valence electrons. The first-order valence-corrected chi connectivity index (χ1v) is 8.13. The second-order valence-electron chi connectivity index (χ2n) is 5.66. The highest BCUT2D eigenvalue weighted by Gasteiger charge is 2.11. The Balaban J connectivity index is 1.58. The third-order valence-electron chi connectivity index (χ3n) is 3.77. The SMILES string of the molecule is Cc1ccccc1C(=O)NNC(=O)c1ccc(Oc2ccccc2)cc1. The molecule has 0 aliphatic rings. The summed E-state index contributed by atoms with van der Waals surface area (Å²) in [6.07, 6.45) is 0. The fraction of sp³-hybridized carbons (Fsp3) is 0.0476. The predicted octanol–water partition coefficient (Wildman–Crippen LogP) is 3.86. The molecule has 0 spiro atoms. The normalized spacial score (nSPS) is 10.0. The van der Waals surface area contributed by atoms with Crippen LogP contribution in [0, 0.1) is 6.92 Å². The van der Waals surface area contributed by atoms with E-state index in [9.17, 15) is 9.59 Å². The summed E-state index contributed by atoms with van der Waals surface area (Å²) < 4.78 is 5.68. The van der Waals surface area contributed by atoms with Crippen molar-refractivity contribution in [1.29, 1.82) is 0 Å². The number of carbonyl (C=O) groups is 2. The zero-order chi connectivity index (χ0) is 18.4. The highest BCUT2D eigenvalue weighted by molar-refractivity contribution is 5.99. The Morgan fingerprint density at radius 3 is 1.96 bits per heavy atom. The summed E-state index contributed by atoms with van der Waals surface area (Å²) in [6, 6.07) is 23.2. The van der Waals surface area contributed by atoms with E-state index in [1.165, 1.54) is 0 Å². The number of aryl methyl sites for hydroxylation is 1. The van der Waals surface area contributed by atoms with Crippen LogP contribution in [0.3, 0.4) is 0 Å². The number of ether oxygens (including phenoxy) is 1. The second kappa shape index (κ2) is 7.98. The lowest BCUT2D eigenvalue weighted by Gasteiger charge is -2.10. The lowest BCUT2D eigenvalue weighted by molar-refractivity contribution is 0.0846. The number of carbonyl (C=O) groups excluding carboxylic acids is 2. The van der Waals surface area contributed by atoms with Crippen LogP contribution in [0.25, 0.3) is 0 Å². The predicted molar refractivity (Wildman–Crippen MR) is 99.1 cm³/mol. The summed E-state index contributed by atoms with van der Waals surface area (Å²) in [4.78, 5) is 24.3. The zero-order valence-electron chi connectivity index (χ0n) is 14.2. The van der Waals surface area contributed by atoms with Gasteiger partial charge in [0.05, 0.1) is 0 Å². The largest absolute Gasteiger partial charge is 0.457 e. The first kappa shape index (κ1) is 17.2. The summed E-state index contributed by atoms with van der Waals surface area (Å²) >= 11 is 0. The van der Waals surface area contributed by atoms with Gasteiger partial charge in [-0.25, -0.2) is 0 Å². The Morgan fingerprint density at radius 2 is 1.27 bits per heavy atom. The van der Waals surface area contributed by atoms with Crippen LogP contribution in [0.5, 0.6) is 11.5 Å². The molecule has 3 aromatic carbocycles. The van der Waals surface area contributed by atoms with Crippen LogP contribution in [0.4, 0.5) is 0 Å². The van der Waals surface area contributed by atoms with Crippen LogP contribution in [0.1, 0.15) is 26.3 Å². The van der Waals surface area contributed by atoms with Gasteiger partial charge in [-0.15, -0.1) is 0 Å². The molecule has 5 nitrogen and oxygen atoms in total. The lowest BCUT2D eigenvalue weighted by atomic mass is 10.1. The second-order valence-corrected chi connectivity index (χ2v) is 5.66. The van der Waals surface area contributed by atoms with Crippen molar-refractivity contribution < 1.29 is 14.3 Å². The molecule has 2 amide bonds. The molecule has 26 heavy (non-hydrogen) atoms. The number of benzene rings is 3. The molecule has 3 rings (SSSR count). The van der Waals surface area contributed by atoms with Crippen LogP contribution < -0.4 is 15.6 Å². The van der Waals surface area contributed by atoms with Crippen molar-refractivity contribution in [2.75, 3.05) is 0 Å². The Morgan fingerprint density at radius 1 is 0.692 bits per heavy atom. The van der Waals surface area contributed by atoms with Crippen molar-refractivity contribution in [3.63, 3.8) is 0 Å². The minimum Gasteiger partial charge on any atom is -0.457 e. The van der Waals surface area contributed by atoms with E-state index in [4.69, 9.17) is 4.74 Å². The number of amides is 2. The molecule has 0 aliphatic heterocycles. The molecule has 3 aromatic rings. The maximum atomic E-state index is 12.2.